The standard InChI is InChI=1S/C29H27FN6O2/c1-3-35-16-24(28(38)31-17(2)19-5-4-6-22(30)13-19)23-14-20(9-10-25(23)35)21-11-12-36-26(15-21)32-29(34-36)33-27(37)18-7-8-18/h4-6,9-18H,3,7-8H2,1-2H3,(H,31,38)(H,33,34,37)/t17-/m0/s1. The van der Waals surface area contributed by atoms with Gasteiger partial charge in [-0.2, -0.15) is 4.98 Å². The second kappa shape index (κ2) is 9.41. The molecule has 1 fully saturated rings. The van der Waals surface area contributed by atoms with Gasteiger partial charge in [0.2, 0.25) is 11.9 Å². The monoisotopic (exact) mass is 510 g/mol. The molecule has 0 aliphatic heterocycles. The number of aromatic nitrogens is 4. The molecule has 0 unspecified atom stereocenters. The predicted octanol–water partition coefficient (Wildman–Crippen LogP) is 5.35. The van der Waals surface area contributed by atoms with E-state index in [1.807, 2.05) is 54.9 Å². The molecule has 1 saturated carbocycles. The van der Waals surface area contributed by atoms with Gasteiger partial charge < -0.3 is 9.88 Å². The van der Waals surface area contributed by atoms with Gasteiger partial charge in [0.05, 0.1) is 11.6 Å². The van der Waals surface area contributed by atoms with Crippen molar-refractivity contribution in [1.29, 1.82) is 0 Å². The van der Waals surface area contributed by atoms with Crippen molar-refractivity contribution < 1.29 is 14.0 Å². The highest BCUT2D eigenvalue weighted by Crippen LogP contribution is 2.31. The Kier molecular flexibility index (Phi) is 5.90. The first-order valence-electron chi connectivity index (χ1n) is 12.8. The van der Waals surface area contributed by atoms with Gasteiger partial charge in [-0.15, -0.1) is 5.10 Å². The Balaban J connectivity index is 1.31. The van der Waals surface area contributed by atoms with Crippen molar-refractivity contribution in [2.24, 2.45) is 5.92 Å². The molecule has 1 aliphatic carbocycles. The third kappa shape index (κ3) is 4.51. The molecule has 38 heavy (non-hydrogen) atoms. The van der Waals surface area contributed by atoms with E-state index in [-0.39, 0.29) is 29.6 Å². The van der Waals surface area contributed by atoms with Gasteiger partial charge in [-0.25, -0.2) is 8.91 Å². The van der Waals surface area contributed by atoms with E-state index in [1.165, 1.54) is 12.1 Å². The SMILES string of the molecule is CCn1cc(C(=O)N[C@@H](C)c2cccc(F)c2)c2cc(-c3ccn4nc(NC(=O)C5CC5)nc4c3)ccc21. The van der Waals surface area contributed by atoms with E-state index in [1.54, 1.807) is 22.8 Å². The Labute approximate surface area is 218 Å². The summed E-state index contributed by atoms with van der Waals surface area (Å²) in [7, 11) is 0. The highest BCUT2D eigenvalue weighted by atomic mass is 19.1. The number of nitrogens with zero attached hydrogens (tertiary/aromatic N) is 4. The number of benzene rings is 2. The number of aryl methyl sites for hydroxylation is 1. The zero-order valence-corrected chi connectivity index (χ0v) is 21.1. The number of nitrogens with one attached hydrogen (secondary N) is 2. The fourth-order valence-corrected chi connectivity index (χ4v) is 4.72. The maximum atomic E-state index is 13.7. The van der Waals surface area contributed by atoms with Crippen molar-refractivity contribution in [2.75, 3.05) is 5.32 Å². The molecule has 192 valence electrons. The van der Waals surface area contributed by atoms with Crippen LogP contribution in [0.1, 0.15) is 48.7 Å². The normalized spacial score (nSPS) is 14.1. The van der Waals surface area contributed by atoms with E-state index < -0.39 is 0 Å². The van der Waals surface area contributed by atoms with Crippen molar-refractivity contribution in [2.45, 2.75) is 39.3 Å². The first-order chi connectivity index (χ1) is 18.4. The molecular weight excluding hydrogens is 483 g/mol. The van der Waals surface area contributed by atoms with Crippen LogP contribution in [-0.4, -0.2) is 31.0 Å². The molecule has 0 spiro atoms. The number of pyridine rings is 1. The summed E-state index contributed by atoms with van der Waals surface area (Å²) in [6.07, 6.45) is 5.49. The molecule has 0 bridgehead atoms. The summed E-state index contributed by atoms with van der Waals surface area (Å²) in [4.78, 5) is 29.9. The molecule has 6 rings (SSSR count). The van der Waals surface area contributed by atoms with Gasteiger partial charge in [-0.3, -0.25) is 14.9 Å². The van der Waals surface area contributed by atoms with Crippen LogP contribution in [0.5, 0.6) is 0 Å². The summed E-state index contributed by atoms with van der Waals surface area (Å²) in [6, 6.07) is 15.8. The quantitative estimate of drug-likeness (QED) is 0.309. The summed E-state index contributed by atoms with van der Waals surface area (Å²) < 4.78 is 17.4. The zero-order chi connectivity index (χ0) is 26.4. The fourth-order valence-electron chi connectivity index (χ4n) is 4.72. The molecule has 9 heteroatoms. The lowest BCUT2D eigenvalue weighted by Gasteiger charge is -2.14. The Morgan fingerprint density at radius 3 is 2.68 bits per heavy atom. The van der Waals surface area contributed by atoms with E-state index >= 15 is 0 Å². The third-order valence-corrected chi connectivity index (χ3v) is 7.02. The average Bonchev–Trinajstić information content (AvgIpc) is 3.59. The van der Waals surface area contributed by atoms with Gasteiger partial charge in [0.15, 0.2) is 5.65 Å². The van der Waals surface area contributed by atoms with E-state index in [0.717, 1.165) is 34.9 Å². The molecule has 3 heterocycles. The molecule has 2 amide bonds. The first kappa shape index (κ1) is 23.8. The first-order valence-corrected chi connectivity index (χ1v) is 12.8. The molecule has 1 aliphatic rings. The molecule has 2 N–H and O–H groups in total. The second-order valence-corrected chi connectivity index (χ2v) is 9.73. The van der Waals surface area contributed by atoms with Crippen LogP contribution in [0.25, 0.3) is 27.7 Å². The number of halogens is 1. The average molecular weight is 511 g/mol. The number of fused-ring (bicyclic) bond motifs is 2. The van der Waals surface area contributed by atoms with Crippen molar-refractivity contribution in [3.8, 4) is 11.1 Å². The van der Waals surface area contributed by atoms with Crippen LogP contribution in [-0.2, 0) is 11.3 Å². The maximum absolute atomic E-state index is 13.7. The number of carbonyl (C=O) groups is 2. The molecule has 0 saturated heterocycles. The van der Waals surface area contributed by atoms with E-state index in [4.69, 9.17) is 0 Å². The molecule has 0 radical (unpaired) electrons. The summed E-state index contributed by atoms with van der Waals surface area (Å²) >= 11 is 0. The lowest BCUT2D eigenvalue weighted by molar-refractivity contribution is -0.117. The summed E-state index contributed by atoms with van der Waals surface area (Å²) in [5.41, 5.74) is 4.66. The van der Waals surface area contributed by atoms with Crippen LogP contribution < -0.4 is 10.6 Å². The van der Waals surface area contributed by atoms with Crippen molar-refractivity contribution in [1.82, 2.24) is 24.5 Å². The Morgan fingerprint density at radius 1 is 1.11 bits per heavy atom. The van der Waals surface area contributed by atoms with Gasteiger partial charge in [0, 0.05) is 35.8 Å². The Morgan fingerprint density at radius 2 is 1.92 bits per heavy atom. The third-order valence-electron chi connectivity index (χ3n) is 7.02. The number of hydrogen-bond donors (Lipinski definition) is 2. The minimum absolute atomic E-state index is 0.0375. The lowest BCUT2D eigenvalue weighted by atomic mass is 10.0. The topological polar surface area (TPSA) is 93.3 Å². The van der Waals surface area contributed by atoms with Crippen LogP contribution in [0, 0.1) is 11.7 Å². The Bertz CT molecular complexity index is 1700. The fraction of sp³-hybridized carbons (Fsp3) is 0.241. The number of rotatable bonds is 7. The Hall–Kier alpha value is -4.53. The molecule has 8 nitrogen and oxygen atoms in total. The van der Waals surface area contributed by atoms with Crippen molar-refractivity contribution >= 4 is 34.3 Å². The molecule has 2 aromatic carbocycles. The summed E-state index contributed by atoms with van der Waals surface area (Å²) in [5.74, 6) is -0.231. The van der Waals surface area contributed by atoms with Crippen LogP contribution in [0.2, 0.25) is 0 Å². The van der Waals surface area contributed by atoms with Gasteiger partial charge in [0.25, 0.3) is 5.91 Å². The molecule has 3 aromatic heterocycles. The van der Waals surface area contributed by atoms with E-state index in [9.17, 15) is 14.0 Å². The summed E-state index contributed by atoms with van der Waals surface area (Å²) in [6.45, 7) is 4.58. The van der Waals surface area contributed by atoms with Crippen LogP contribution >= 0.6 is 0 Å². The molecule has 1 atom stereocenters. The maximum Gasteiger partial charge on any atom is 0.253 e. The molecule has 5 aromatic rings. The second-order valence-electron chi connectivity index (χ2n) is 9.73. The number of carbonyl (C=O) groups excluding carboxylic acids is 2. The van der Waals surface area contributed by atoms with Gasteiger partial charge in [-0.05, 0) is 79.8 Å². The van der Waals surface area contributed by atoms with Gasteiger partial charge >= 0.3 is 0 Å². The predicted molar refractivity (Wildman–Crippen MR) is 143 cm³/mol. The highest BCUT2D eigenvalue weighted by Gasteiger charge is 2.30. The summed E-state index contributed by atoms with van der Waals surface area (Å²) in [5, 5.41) is 11.0. The van der Waals surface area contributed by atoms with E-state index in [0.29, 0.717) is 29.3 Å². The van der Waals surface area contributed by atoms with E-state index in [2.05, 4.69) is 20.7 Å². The lowest BCUT2D eigenvalue weighted by Crippen LogP contribution is -2.26. The smallest absolute Gasteiger partial charge is 0.253 e. The largest absolute Gasteiger partial charge is 0.347 e. The minimum atomic E-state index is -0.355. The van der Waals surface area contributed by atoms with Crippen LogP contribution in [0.3, 0.4) is 0 Å². The van der Waals surface area contributed by atoms with Crippen LogP contribution in [0.4, 0.5) is 10.3 Å². The van der Waals surface area contributed by atoms with Gasteiger partial charge in [-0.1, -0.05) is 18.2 Å². The minimum Gasteiger partial charge on any atom is -0.347 e. The van der Waals surface area contributed by atoms with Crippen molar-refractivity contribution in [3.63, 3.8) is 0 Å². The van der Waals surface area contributed by atoms with Gasteiger partial charge in [0.1, 0.15) is 5.82 Å². The van der Waals surface area contributed by atoms with Crippen molar-refractivity contribution in [3.05, 3.63) is 83.9 Å². The number of amides is 2. The highest BCUT2D eigenvalue weighted by molar-refractivity contribution is 6.08. The zero-order valence-electron chi connectivity index (χ0n) is 21.1. The van der Waals surface area contributed by atoms with Crippen LogP contribution in [0.15, 0.2) is 67.0 Å². The number of anilines is 1. The number of hydrogen-bond acceptors (Lipinski definition) is 4. The molecular formula is C29H27FN6O2.